The number of rotatable bonds is 2. The lowest BCUT2D eigenvalue weighted by Crippen LogP contribution is -2.61. The molecule has 4 aliphatic rings. The second-order valence-electron chi connectivity index (χ2n) is 8.72. The summed E-state index contributed by atoms with van der Waals surface area (Å²) in [5.74, 6) is -1.91. The minimum Gasteiger partial charge on any atom is -0.302 e. The summed E-state index contributed by atoms with van der Waals surface area (Å²) in [7, 11) is 0. The Morgan fingerprint density at radius 2 is 1.26 bits per heavy atom. The van der Waals surface area contributed by atoms with Crippen molar-refractivity contribution in [1.29, 1.82) is 0 Å². The van der Waals surface area contributed by atoms with E-state index in [1.807, 2.05) is 60.7 Å². The summed E-state index contributed by atoms with van der Waals surface area (Å²) in [6, 6.07) is 23.0. The highest BCUT2D eigenvalue weighted by Crippen LogP contribution is 2.66. The van der Waals surface area contributed by atoms with Gasteiger partial charge in [0.25, 0.3) is 0 Å². The van der Waals surface area contributed by atoms with Crippen LogP contribution in [0, 0.1) is 15.4 Å². The van der Waals surface area contributed by atoms with E-state index in [0.717, 1.165) is 32.1 Å². The predicted octanol–water partition coefficient (Wildman–Crippen LogP) is 4.22. The molecule has 1 fully saturated rings. The maximum atomic E-state index is 13.9. The Morgan fingerprint density at radius 3 is 1.77 bits per heavy atom. The molecule has 1 aliphatic heterocycles. The monoisotopic (exact) mass is 519 g/mol. The highest BCUT2D eigenvalue weighted by molar-refractivity contribution is 14.1. The summed E-state index contributed by atoms with van der Waals surface area (Å²) in [5, 5.41) is 0. The van der Waals surface area contributed by atoms with Crippen LogP contribution >= 0.6 is 22.6 Å². The summed E-state index contributed by atoms with van der Waals surface area (Å²) in [6.45, 7) is 2.05. The van der Waals surface area contributed by atoms with Crippen molar-refractivity contribution in [2.75, 3.05) is 4.90 Å². The number of halogens is 1. The molecule has 152 valence electrons. The fourth-order valence-electron chi connectivity index (χ4n) is 6.31. The molecule has 3 aromatic carbocycles. The molecular weight excluding hydrogens is 501 g/mol. The van der Waals surface area contributed by atoms with E-state index in [0.29, 0.717) is 5.69 Å². The van der Waals surface area contributed by atoms with Gasteiger partial charge in [0.1, 0.15) is 6.29 Å². The van der Waals surface area contributed by atoms with Crippen LogP contribution < -0.4 is 4.90 Å². The van der Waals surface area contributed by atoms with Crippen molar-refractivity contribution < 1.29 is 14.4 Å². The maximum Gasteiger partial charge on any atom is 0.239 e. The van der Waals surface area contributed by atoms with Crippen LogP contribution in [-0.2, 0) is 25.2 Å². The minimum absolute atomic E-state index is 0.228. The zero-order valence-corrected chi connectivity index (χ0v) is 18.9. The number of amides is 2. The van der Waals surface area contributed by atoms with Crippen LogP contribution in [0.15, 0.2) is 72.8 Å². The second-order valence-corrected chi connectivity index (χ2v) is 9.97. The first kappa shape index (κ1) is 18.9. The van der Waals surface area contributed by atoms with Crippen molar-refractivity contribution in [1.82, 2.24) is 0 Å². The number of hydrogen-bond donors (Lipinski definition) is 0. The van der Waals surface area contributed by atoms with Crippen molar-refractivity contribution in [3.8, 4) is 0 Å². The molecule has 4 nitrogen and oxygen atoms in total. The summed E-state index contributed by atoms with van der Waals surface area (Å²) >= 11 is 2.20. The van der Waals surface area contributed by atoms with Gasteiger partial charge in [-0.25, -0.2) is 4.90 Å². The van der Waals surface area contributed by atoms with Crippen LogP contribution in [0.3, 0.4) is 0 Å². The van der Waals surface area contributed by atoms with Gasteiger partial charge < -0.3 is 4.79 Å². The number of benzene rings is 3. The zero-order valence-electron chi connectivity index (χ0n) is 16.7. The average Bonchev–Trinajstić information content (AvgIpc) is 3.07. The second kappa shape index (κ2) is 6.13. The summed E-state index contributed by atoms with van der Waals surface area (Å²) in [6.07, 6.45) is 0.906. The predicted molar refractivity (Wildman–Crippen MR) is 125 cm³/mol. The molecule has 0 unspecified atom stereocenters. The van der Waals surface area contributed by atoms with E-state index in [1.54, 1.807) is 12.1 Å². The molecule has 3 aliphatic carbocycles. The first-order valence-electron chi connectivity index (χ1n) is 10.3. The van der Waals surface area contributed by atoms with Gasteiger partial charge in [0.15, 0.2) is 0 Å². The third-order valence-corrected chi connectivity index (χ3v) is 8.27. The molecule has 0 spiro atoms. The number of carbonyl (C=O) groups excluding carboxylic acids is 3. The molecule has 1 heterocycles. The van der Waals surface area contributed by atoms with E-state index >= 15 is 0 Å². The fraction of sp³-hybridized carbons (Fsp3) is 0.192. The summed E-state index contributed by atoms with van der Waals surface area (Å²) in [4.78, 5) is 42.1. The van der Waals surface area contributed by atoms with Crippen LogP contribution in [0.1, 0.15) is 29.2 Å². The summed E-state index contributed by atoms with van der Waals surface area (Å²) in [5.41, 5.74) is 2.33. The standard InChI is InChI=1S/C26H18INO3/c1-25-17-6-2-4-8-19(17)26(14-29,20-9-5-3-7-18(20)25)22-21(25)23(30)28(24(22)31)16-12-10-15(27)11-13-16/h2-14,21-22H,1H3/t21-,22+,25?,26?/m0/s1. The van der Waals surface area contributed by atoms with E-state index in [1.165, 1.54) is 4.90 Å². The van der Waals surface area contributed by atoms with Crippen LogP contribution in [0.5, 0.6) is 0 Å². The highest BCUT2D eigenvalue weighted by Gasteiger charge is 2.72. The van der Waals surface area contributed by atoms with E-state index < -0.39 is 22.7 Å². The van der Waals surface area contributed by atoms with Gasteiger partial charge in [-0.2, -0.15) is 0 Å². The van der Waals surface area contributed by atoms with Crippen LogP contribution in [0.4, 0.5) is 5.69 Å². The molecule has 0 N–H and O–H groups in total. The largest absolute Gasteiger partial charge is 0.302 e. The Kier molecular flexibility index (Phi) is 3.74. The van der Waals surface area contributed by atoms with Crippen LogP contribution in [0.2, 0.25) is 0 Å². The van der Waals surface area contributed by atoms with Gasteiger partial charge in [0.2, 0.25) is 11.8 Å². The third-order valence-electron chi connectivity index (χ3n) is 7.55. The lowest BCUT2D eigenvalue weighted by Gasteiger charge is -2.56. The smallest absolute Gasteiger partial charge is 0.239 e. The molecular formula is C26H18INO3. The lowest BCUT2D eigenvalue weighted by molar-refractivity contribution is -0.129. The minimum atomic E-state index is -1.17. The van der Waals surface area contributed by atoms with E-state index in [2.05, 4.69) is 29.5 Å². The molecule has 0 radical (unpaired) electrons. The number of carbonyl (C=O) groups is 3. The zero-order chi connectivity index (χ0) is 21.5. The molecule has 1 saturated heterocycles. The van der Waals surface area contributed by atoms with Crippen LogP contribution in [0.25, 0.3) is 0 Å². The Hall–Kier alpha value is -2.80. The van der Waals surface area contributed by atoms with Crippen molar-refractivity contribution in [2.45, 2.75) is 17.8 Å². The van der Waals surface area contributed by atoms with Gasteiger partial charge in [-0.1, -0.05) is 55.5 Å². The van der Waals surface area contributed by atoms with Crippen molar-refractivity contribution in [3.63, 3.8) is 0 Å². The molecule has 2 amide bonds. The van der Waals surface area contributed by atoms with Gasteiger partial charge in [-0.3, -0.25) is 9.59 Å². The molecule has 2 atom stereocenters. The lowest BCUT2D eigenvalue weighted by atomic mass is 9.42. The van der Waals surface area contributed by atoms with Crippen molar-refractivity contribution in [3.05, 3.63) is 98.6 Å². The quantitative estimate of drug-likeness (QED) is 0.290. The number of imide groups is 1. The Bertz CT molecular complexity index is 1250. The molecule has 2 bridgehead atoms. The molecule has 0 saturated carbocycles. The normalized spacial score (nSPS) is 30.1. The van der Waals surface area contributed by atoms with Gasteiger partial charge >= 0.3 is 0 Å². The van der Waals surface area contributed by atoms with Gasteiger partial charge in [-0.05, 0) is 69.1 Å². The van der Waals surface area contributed by atoms with Crippen molar-refractivity contribution in [2.24, 2.45) is 11.8 Å². The number of hydrogen-bond acceptors (Lipinski definition) is 3. The van der Waals surface area contributed by atoms with Crippen LogP contribution in [-0.4, -0.2) is 18.1 Å². The van der Waals surface area contributed by atoms with E-state index in [4.69, 9.17) is 0 Å². The van der Waals surface area contributed by atoms with Crippen molar-refractivity contribution >= 4 is 46.4 Å². The molecule has 7 rings (SSSR count). The first-order valence-corrected chi connectivity index (χ1v) is 11.3. The number of anilines is 1. The number of nitrogens with zero attached hydrogens (tertiary/aromatic N) is 1. The average molecular weight is 519 g/mol. The van der Waals surface area contributed by atoms with E-state index in [9.17, 15) is 14.4 Å². The van der Waals surface area contributed by atoms with Gasteiger partial charge in [0, 0.05) is 8.99 Å². The molecule has 31 heavy (non-hydrogen) atoms. The fourth-order valence-corrected chi connectivity index (χ4v) is 6.67. The molecule has 3 aromatic rings. The molecule has 0 aromatic heterocycles. The SMILES string of the molecule is CC12c3ccccc3C(C=O)(c3ccccc31)[C@H]1C(=O)N(c3ccc(I)cc3)C(=O)[C@H]12. The maximum absolute atomic E-state index is 13.9. The Labute approximate surface area is 193 Å². The number of aldehydes is 1. The third kappa shape index (κ3) is 2.03. The summed E-state index contributed by atoms with van der Waals surface area (Å²) < 4.78 is 1.02. The Balaban J connectivity index is 1.69. The first-order chi connectivity index (χ1) is 15.0. The molecule has 5 heteroatoms. The van der Waals surface area contributed by atoms with Gasteiger partial charge in [0.05, 0.1) is 22.9 Å². The highest BCUT2D eigenvalue weighted by atomic mass is 127. The Morgan fingerprint density at radius 1 is 0.774 bits per heavy atom. The van der Waals surface area contributed by atoms with Gasteiger partial charge in [-0.15, -0.1) is 0 Å². The van der Waals surface area contributed by atoms with E-state index in [-0.39, 0.29) is 11.8 Å². The topological polar surface area (TPSA) is 54.5 Å².